The Kier molecular flexibility index (Phi) is 12.8. The molecular formula is C53H47N27O2S. The molecule has 30 heteroatoms. The molecule has 0 unspecified atom stereocenters. The highest BCUT2D eigenvalue weighted by molar-refractivity contribution is 7.19. The van der Waals surface area contributed by atoms with Crippen molar-refractivity contribution in [2.24, 2.45) is 4.99 Å². The van der Waals surface area contributed by atoms with Gasteiger partial charge in [0.1, 0.15) is 0 Å². The van der Waals surface area contributed by atoms with Crippen molar-refractivity contribution in [3.63, 3.8) is 0 Å². The van der Waals surface area contributed by atoms with Gasteiger partial charge < -0.3 is 19.8 Å². The largest absolute Gasteiger partial charge is 0.383 e. The van der Waals surface area contributed by atoms with Gasteiger partial charge in [-0.3, -0.25) is 24.0 Å². The number of aromatic nitrogens is 25. The maximum absolute atomic E-state index is 5.23. The fourth-order valence-corrected chi connectivity index (χ4v) is 10.7. The lowest BCUT2D eigenvalue weighted by Gasteiger charge is -2.27. The van der Waals surface area contributed by atoms with Crippen LogP contribution in [-0.2, 0) is 42.2 Å². The first-order valence-electron chi connectivity index (χ1n) is 26.5. The Bertz CT molecular complexity index is 4630. The average molecular weight is 1130 g/mol. The van der Waals surface area contributed by atoms with Crippen LogP contribution in [0.5, 0.6) is 0 Å². The van der Waals surface area contributed by atoms with Crippen molar-refractivity contribution in [3.8, 4) is 33.8 Å². The quantitative estimate of drug-likeness (QED) is 0.153. The molecule has 83 heavy (non-hydrogen) atoms. The molecule has 0 atom stereocenters. The molecule has 0 aromatic carbocycles. The number of hydrogen-bond acceptors (Lipinski definition) is 22. The highest BCUT2D eigenvalue weighted by Crippen LogP contribution is 2.28. The molecule has 29 nitrogen and oxygen atoms in total. The van der Waals surface area contributed by atoms with E-state index in [2.05, 4.69) is 105 Å². The molecule has 0 radical (unpaired) electrons. The summed E-state index contributed by atoms with van der Waals surface area (Å²) in [5.41, 5.74) is 14.7. The van der Waals surface area contributed by atoms with Crippen molar-refractivity contribution in [1.29, 1.82) is 0 Å². The van der Waals surface area contributed by atoms with Crippen LogP contribution < -0.4 is 5.32 Å². The van der Waals surface area contributed by atoms with E-state index in [-0.39, 0.29) is 0 Å². The van der Waals surface area contributed by atoms with Gasteiger partial charge in [0, 0.05) is 90.7 Å². The SMILES string of the molecule is COCCn1cc(-c2cnc3nnn(CC4=NCc5ncccc54)c3n2)cn1.c1cc2ccc(Cn3nnc4ncc(-c5cnn(C6CNC6)c5)nc43)cn2n1.c1cc2sc(Cn3nnc4ncc(-c5cnn(C6COC6)c5)nc43)cc2[nH]1. The molecule has 0 saturated carbocycles. The normalized spacial score (nSPS) is 14.3. The Morgan fingerprint density at radius 2 is 1.31 bits per heavy atom. The number of fused-ring (bicyclic) bond motifs is 6. The third kappa shape index (κ3) is 9.89. The fraction of sp³-hybridized carbons (Fsp3) is 0.245. The van der Waals surface area contributed by atoms with Crippen molar-refractivity contribution < 1.29 is 9.47 Å². The van der Waals surface area contributed by atoms with E-state index >= 15 is 0 Å². The van der Waals surface area contributed by atoms with E-state index in [0.717, 1.165) is 80.4 Å². The number of pyridine rings is 2. The van der Waals surface area contributed by atoms with Gasteiger partial charge in [-0.05, 0) is 42.0 Å². The first-order valence-corrected chi connectivity index (χ1v) is 27.3. The van der Waals surface area contributed by atoms with Gasteiger partial charge in [-0.2, -0.15) is 20.4 Å². The van der Waals surface area contributed by atoms with Crippen molar-refractivity contribution in [3.05, 3.63) is 145 Å². The van der Waals surface area contributed by atoms with Crippen LogP contribution in [0.2, 0.25) is 0 Å². The molecule has 17 rings (SSSR count). The average Bonchev–Trinajstić information content (AvgIpc) is 4.53. The van der Waals surface area contributed by atoms with Crippen LogP contribution in [0.25, 0.3) is 83.4 Å². The van der Waals surface area contributed by atoms with E-state index < -0.39 is 0 Å². The summed E-state index contributed by atoms with van der Waals surface area (Å²) in [7, 11) is 1.67. The van der Waals surface area contributed by atoms with Crippen molar-refractivity contribution in [2.75, 3.05) is 40.0 Å². The predicted octanol–water partition coefficient (Wildman–Crippen LogP) is 4.30. The summed E-state index contributed by atoms with van der Waals surface area (Å²) < 4.78 is 24.4. The Morgan fingerprint density at radius 3 is 1.96 bits per heavy atom. The summed E-state index contributed by atoms with van der Waals surface area (Å²) >= 11 is 1.73. The number of H-pyrrole nitrogens is 1. The molecule has 14 aromatic heterocycles. The summed E-state index contributed by atoms with van der Waals surface area (Å²) in [5, 5.41) is 45.9. The number of nitrogens with one attached hydrogen (secondary N) is 2. The van der Waals surface area contributed by atoms with E-state index in [1.807, 2.05) is 86.2 Å². The molecule has 0 bridgehead atoms. The van der Waals surface area contributed by atoms with Crippen LogP contribution in [0.15, 0.2) is 128 Å². The summed E-state index contributed by atoms with van der Waals surface area (Å²) in [6.45, 7) is 6.80. The number of aliphatic imine (C=N–C) groups is 1. The highest BCUT2D eigenvalue weighted by Gasteiger charge is 2.24. The van der Waals surface area contributed by atoms with Gasteiger partial charge in [-0.1, -0.05) is 21.7 Å². The molecule has 17 heterocycles. The number of methoxy groups -OCH3 is 1. The minimum Gasteiger partial charge on any atom is -0.383 e. The third-order valence-electron chi connectivity index (χ3n) is 14.4. The monoisotopic (exact) mass is 1130 g/mol. The van der Waals surface area contributed by atoms with Crippen LogP contribution in [0.4, 0.5) is 0 Å². The van der Waals surface area contributed by atoms with E-state index in [9.17, 15) is 0 Å². The lowest BCUT2D eigenvalue weighted by molar-refractivity contribution is -0.0286. The number of aromatic amines is 1. The number of ether oxygens (including phenoxy) is 2. The van der Waals surface area contributed by atoms with Gasteiger partial charge in [0.25, 0.3) is 0 Å². The molecule has 0 spiro atoms. The molecule has 2 saturated heterocycles. The molecule has 0 aliphatic carbocycles. The Labute approximate surface area is 471 Å². The van der Waals surface area contributed by atoms with Crippen LogP contribution in [0, 0.1) is 0 Å². The molecule has 2 fully saturated rings. The molecular weight excluding hydrogens is 1080 g/mol. The lowest BCUT2D eigenvalue weighted by atomic mass is 10.1. The van der Waals surface area contributed by atoms with Crippen LogP contribution >= 0.6 is 11.3 Å². The van der Waals surface area contributed by atoms with Gasteiger partial charge >= 0.3 is 0 Å². The van der Waals surface area contributed by atoms with E-state index in [4.69, 9.17) is 24.4 Å². The number of nitrogens with zero attached hydrogens (tertiary/aromatic N) is 25. The predicted molar refractivity (Wildman–Crippen MR) is 301 cm³/mol. The van der Waals surface area contributed by atoms with Gasteiger partial charge in [0.2, 0.25) is 16.9 Å². The number of rotatable bonds is 14. The van der Waals surface area contributed by atoms with Gasteiger partial charge in [-0.25, -0.2) is 48.5 Å². The van der Waals surface area contributed by atoms with Crippen LogP contribution in [0.1, 0.15) is 33.8 Å². The van der Waals surface area contributed by atoms with Gasteiger partial charge in [0.15, 0.2) is 16.9 Å². The third-order valence-corrected chi connectivity index (χ3v) is 15.4. The smallest absolute Gasteiger partial charge is 0.221 e. The highest BCUT2D eigenvalue weighted by atomic mass is 32.1. The zero-order valence-corrected chi connectivity index (χ0v) is 45.0. The van der Waals surface area contributed by atoms with Gasteiger partial charge in [0.05, 0.1) is 146 Å². The number of hydrogen-bond donors (Lipinski definition) is 2. The Hall–Kier alpha value is -10.3. The minimum absolute atomic E-state index is 0.311. The Morgan fingerprint density at radius 1 is 0.651 bits per heavy atom. The maximum Gasteiger partial charge on any atom is 0.221 e. The fourth-order valence-electron chi connectivity index (χ4n) is 9.69. The second-order valence-electron chi connectivity index (χ2n) is 19.8. The zero-order chi connectivity index (χ0) is 55.2. The van der Waals surface area contributed by atoms with Crippen molar-refractivity contribution >= 4 is 66.7 Å². The van der Waals surface area contributed by atoms with Crippen LogP contribution in [-0.4, -0.2) is 170 Å². The lowest BCUT2D eigenvalue weighted by Crippen LogP contribution is -2.43. The topological polar surface area (TPSA) is 312 Å². The zero-order valence-electron chi connectivity index (χ0n) is 44.2. The van der Waals surface area contributed by atoms with E-state index in [1.54, 1.807) is 69.7 Å². The number of thiophene rings is 1. The van der Waals surface area contributed by atoms with Gasteiger partial charge in [-0.15, -0.1) is 26.6 Å². The Balaban J connectivity index is 0.000000106. The minimum atomic E-state index is 0.311. The first kappa shape index (κ1) is 49.7. The molecule has 3 aliphatic heterocycles. The van der Waals surface area contributed by atoms with Crippen molar-refractivity contribution in [1.82, 2.24) is 129 Å². The van der Waals surface area contributed by atoms with Crippen molar-refractivity contribution in [2.45, 2.75) is 44.8 Å². The molecule has 3 aliphatic rings. The molecule has 412 valence electrons. The second kappa shape index (κ2) is 21.3. The summed E-state index contributed by atoms with van der Waals surface area (Å²) in [5.74, 6) is 0. The second-order valence-corrected chi connectivity index (χ2v) is 21.0. The molecule has 0 amide bonds. The van der Waals surface area contributed by atoms with E-state index in [0.29, 0.717) is 98.5 Å². The summed E-state index contributed by atoms with van der Waals surface area (Å²) in [6.07, 6.45) is 23.9. The summed E-state index contributed by atoms with van der Waals surface area (Å²) in [4.78, 5) is 40.8. The van der Waals surface area contributed by atoms with Crippen LogP contribution in [0.3, 0.4) is 0 Å². The maximum atomic E-state index is 5.23. The van der Waals surface area contributed by atoms with E-state index in [1.165, 1.54) is 9.58 Å². The summed E-state index contributed by atoms with van der Waals surface area (Å²) in [6, 6.07) is 14.9. The first-order chi connectivity index (χ1) is 41.0. The molecule has 14 aromatic rings. The molecule has 2 N–H and O–H groups in total. The standard InChI is InChI=1S/C18H16N10.C18H17N9O.C17H14N8OS/c1-2-14-3-4-21-26(14)9-12(1)10-28-18-17(24-25-28)20-8-16(23-18)13-5-22-27(11-13)15-6-19-7-15;1-28-6-5-26-10-12(7-22-26)14-8-21-17-18(23-14)27(25-24-17)11-16-13-3-2-4-19-15(13)9-20-16;1-2-18-13-3-12(27-15(1)13)7-25-17-16(22-23-25)19-5-14(21-17)10-4-20-24(6-10)11-8-26-9-11/h1-5,8-9,11,15,19H,6-7,10H2;2-4,7-8,10H,5-6,9,11H2,1H3;1-6,11,18H,7-9H2.